The predicted octanol–water partition coefficient (Wildman–Crippen LogP) is 1.82. The maximum absolute atomic E-state index is 12.0. The van der Waals surface area contributed by atoms with Crippen LogP contribution >= 0.6 is 0 Å². The van der Waals surface area contributed by atoms with Crippen molar-refractivity contribution in [2.75, 3.05) is 6.54 Å². The lowest BCUT2D eigenvalue weighted by molar-refractivity contribution is -0.123. The lowest BCUT2D eigenvalue weighted by Crippen LogP contribution is -2.31. The number of amides is 1. The maximum atomic E-state index is 12.0. The third kappa shape index (κ3) is 2.49. The molecule has 6 nitrogen and oxygen atoms in total. The number of para-hydroxylation sites is 1. The third-order valence-corrected chi connectivity index (χ3v) is 3.17. The number of nitrogens with one attached hydrogen (secondary N) is 1. The number of nitrogens with zero attached hydrogens (tertiary/aromatic N) is 2. The van der Waals surface area contributed by atoms with Crippen molar-refractivity contribution in [1.29, 1.82) is 0 Å². The Hall–Kier alpha value is -2.37. The summed E-state index contributed by atoms with van der Waals surface area (Å²) in [5.74, 6) is -1.18. The van der Waals surface area contributed by atoms with Gasteiger partial charge in [0.15, 0.2) is 0 Å². The number of hydrogen-bond donors (Lipinski definition) is 2. The molecular formula is C14H17N3O3. The first-order chi connectivity index (χ1) is 9.56. The summed E-state index contributed by atoms with van der Waals surface area (Å²) in [4.78, 5) is 27.5. The molecule has 20 heavy (non-hydrogen) atoms. The Morgan fingerprint density at radius 3 is 2.85 bits per heavy atom. The zero-order chi connectivity index (χ0) is 14.7. The molecule has 1 heterocycles. The van der Waals surface area contributed by atoms with E-state index in [-0.39, 0.29) is 11.5 Å². The minimum atomic E-state index is -1.03. The standard InChI is InChI=1S/C14H17N3O3/c1-3-7-15-13(18)9(2)17-8-16-11-6-4-5-10(12(11)17)14(19)20/h4-6,8-9H,3,7H2,1-2H3,(H,15,18)(H,19,20). The van der Waals surface area contributed by atoms with Crippen molar-refractivity contribution in [3.8, 4) is 0 Å². The van der Waals surface area contributed by atoms with Crippen molar-refractivity contribution in [3.63, 3.8) is 0 Å². The van der Waals surface area contributed by atoms with Crippen LogP contribution in [0.5, 0.6) is 0 Å². The Kier molecular flexibility index (Phi) is 4.02. The topological polar surface area (TPSA) is 84.2 Å². The van der Waals surface area contributed by atoms with Crippen LogP contribution < -0.4 is 5.32 Å². The highest BCUT2D eigenvalue weighted by Crippen LogP contribution is 2.22. The smallest absolute Gasteiger partial charge is 0.337 e. The van der Waals surface area contributed by atoms with E-state index in [0.29, 0.717) is 17.6 Å². The number of carbonyl (C=O) groups is 2. The van der Waals surface area contributed by atoms with E-state index in [1.165, 1.54) is 12.4 Å². The Balaban J connectivity index is 2.44. The molecule has 0 aliphatic rings. The second-order valence-corrected chi connectivity index (χ2v) is 4.60. The van der Waals surface area contributed by atoms with Crippen molar-refractivity contribution in [3.05, 3.63) is 30.1 Å². The van der Waals surface area contributed by atoms with Gasteiger partial charge in [-0.2, -0.15) is 0 Å². The third-order valence-electron chi connectivity index (χ3n) is 3.17. The number of carboxylic acids is 1. The van der Waals surface area contributed by atoms with Gasteiger partial charge in [-0.1, -0.05) is 13.0 Å². The summed E-state index contributed by atoms with van der Waals surface area (Å²) in [7, 11) is 0. The molecule has 0 spiro atoms. The van der Waals surface area contributed by atoms with Crippen molar-refractivity contribution < 1.29 is 14.7 Å². The molecule has 1 unspecified atom stereocenters. The molecule has 106 valence electrons. The van der Waals surface area contributed by atoms with E-state index in [1.54, 1.807) is 23.6 Å². The van der Waals surface area contributed by atoms with Gasteiger partial charge in [-0.15, -0.1) is 0 Å². The minimum absolute atomic E-state index is 0.147. The molecule has 0 fully saturated rings. The van der Waals surface area contributed by atoms with Crippen LogP contribution in [0, 0.1) is 0 Å². The van der Waals surface area contributed by atoms with E-state index in [1.807, 2.05) is 6.92 Å². The molecule has 0 aliphatic heterocycles. The first kappa shape index (κ1) is 14.0. The summed E-state index contributed by atoms with van der Waals surface area (Å²) in [6.45, 7) is 4.30. The first-order valence-corrected chi connectivity index (χ1v) is 6.52. The molecule has 2 N–H and O–H groups in total. The van der Waals surface area contributed by atoms with Crippen LogP contribution in [0.2, 0.25) is 0 Å². The van der Waals surface area contributed by atoms with Gasteiger partial charge < -0.3 is 15.0 Å². The molecule has 1 aromatic heterocycles. The van der Waals surface area contributed by atoms with Crippen molar-refractivity contribution in [1.82, 2.24) is 14.9 Å². The number of fused-ring (bicyclic) bond motifs is 1. The molecular weight excluding hydrogens is 258 g/mol. The van der Waals surface area contributed by atoms with E-state index in [0.717, 1.165) is 6.42 Å². The summed E-state index contributed by atoms with van der Waals surface area (Å²) in [5, 5.41) is 12.0. The summed E-state index contributed by atoms with van der Waals surface area (Å²) in [6.07, 6.45) is 2.36. The van der Waals surface area contributed by atoms with Gasteiger partial charge in [0.1, 0.15) is 6.04 Å². The number of hydrogen-bond acceptors (Lipinski definition) is 3. The Labute approximate surface area is 116 Å². The molecule has 0 saturated heterocycles. The Morgan fingerprint density at radius 1 is 1.45 bits per heavy atom. The fourth-order valence-corrected chi connectivity index (χ4v) is 2.08. The van der Waals surface area contributed by atoms with Crippen LogP contribution in [-0.2, 0) is 4.79 Å². The van der Waals surface area contributed by atoms with Crippen molar-refractivity contribution in [2.45, 2.75) is 26.3 Å². The predicted molar refractivity (Wildman–Crippen MR) is 74.7 cm³/mol. The van der Waals surface area contributed by atoms with Gasteiger partial charge in [0, 0.05) is 6.54 Å². The molecule has 1 amide bonds. The highest BCUT2D eigenvalue weighted by atomic mass is 16.4. The number of rotatable bonds is 5. The second kappa shape index (κ2) is 5.73. The van der Waals surface area contributed by atoms with Crippen LogP contribution in [0.25, 0.3) is 11.0 Å². The molecule has 2 aromatic rings. The van der Waals surface area contributed by atoms with E-state index in [9.17, 15) is 14.7 Å². The van der Waals surface area contributed by atoms with Crippen LogP contribution in [0.1, 0.15) is 36.7 Å². The lowest BCUT2D eigenvalue weighted by Gasteiger charge is -2.15. The average molecular weight is 275 g/mol. The fraction of sp³-hybridized carbons (Fsp3) is 0.357. The van der Waals surface area contributed by atoms with E-state index >= 15 is 0 Å². The van der Waals surface area contributed by atoms with Gasteiger partial charge in [0.2, 0.25) is 5.91 Å². The number of aromatic nitrogens is 2. The average Bonchev–Trinajstić information content (AvgIpc) is 2.87. The SMILES string of the molecule is CCCNC(=O)C(C)n1cnc2cccc(C(=O)O)c21. The van der Waals surface area contributed by atoms with Gasteiger partial charge in [-0.3, -0.25) is 4.79 Å². The zero-order valence-electron chi connectivity index (χ0n) is 11.5. The highest BCUT2D eigenvalue weighted by Gasteiger charge is 2.20. The van der Waals surface area contributed by atoms with Crippen LogP contribution in [-0.4, -0.2) is 33.1 Å². The van der Waals surface area contributed by atoms with Crippen molar-refractivity contribution >= 4 is 22.9 Å². The maximum Gasteiger partial charge on any atom is 0.337 e. The summed E-state index contributed by atoms with van der Waals surface area (Å²) >= 11 is 0. The Bertz CT molecular complexity index is 648. The number of carboxylic acid groups (broad SMARTS) is 1. The van der Waals surface area contributed by atoms with Gasteiger partial charge in [0.05, 0.1) is 22.9 Å². The molecule has 0 aliphatic carbocycles. The van der Waals surface area contributed by atoms with E-state index < -0.39 is 12.0 Å². The number of imidazole rings is 1. The van der Waals surface area contributed by atoms with Gasteiger partial charge in [0.25, 0.3) is 0 Å². The quantitative estimate of drug-likeness (QED) is 0.871. The van der Waals surface area contributed by atoms with E-state index in [4.69, 9.17) is 0 Å². The van der Waals surface area contributed by atoms with Gasteiger partial charge in [-0.25, -0.2) is 9.78 Å². The molecule has 0 bridgehead atoms. The summed E-state index contributed by atoms with van der Waals surface area (Å²) < 4.78 is 1.60. The van der Waals surface area contributed by atoms with Crippen LogP contribution in [0.3, 0.4) is 0 Å². The fourth-order valence-electron chi connectivity index (χ4n) is 2.08. The molecule has 0 saturated carbocycles. The number of benzene rings is 1. The van der Waals surface area contributed by atoms with Crippen LogP contribution in [0.4, 0.5) is 0 Å². The number of aromatic carboxylic acids is 1. The van der Waals surface area contributed by atoms with Crippen LogP contribution in [0.15, 0.2) is 24.5 Å². The minimum Gasteiger partial charge on any atom is -0.478 e. The monoisotopic (exact) mass is 275 g/mol. The van der Waals surface area contributed by atoms with Crippen molar-refractivity contribution in [2.24, 2.45) is 0 Å². The molecule has 1 atom stereocenters. The second-order valence-electron chi connectivity index (χ2n) is 4.60. The first-order valence-electron chi connectivity index (χ1n) is 6.52. The van der Waals surface area contributed by atoms with Gasteiger partial charge in [-0.05, 0) is 25.5 Å². The highest BCUT2D eigenvalue weighted by molar-refractivity contribution is 6.01. The molecule has 6 heteroatoms. The zero-order valence-corrected chi connectivity index (χ0v) is 11.5. The molecule has 2 rings (SSSR count). The summed E-state index contributed by atoms with van der Waals surface area (Å²) in [5.41, 5.74) is 1.19. The largest absolute Gasteiger partial charge is 0.478 e. The van der Waals surface area contributed by atoms with E-state index in [2.05, 4.69) is 10.3 Å². The van der Waals surface area contributed by atoms with Gasteiger partial charge >= 0.3 is 5.97 Å². The normalized spacial score (nSPS) is 12.3. The molecule has 1 aromatic carbocycles. The summed E-state index contributed by atoms with van der Waals surface area (Å²) in [6, 6.07) is 4.38. The lowest BCUT2D eigenvalue weighted by atomic mass is 10.1. The number of carbonyl (C=O) groups excluding carboxylic acids is 1. The Morgan fingerprint density at radius 2 is 2.20 bits per heavy atom. The molecule has 0 radical (unpaired) electrons.